The van der Waals surface area contributed by atoms with Gasteiger partial charge in [-0.15, -0.1) is 0 Å². The van der Waals surface area contributed by atoms with Crippen molar-refractivity contribution < 1.29 is 9.53 Å². The molecule has 1 aromatic carbocycles. The Morgan fingerprint density at radius 3 is 2.73 bits per heavy atom. The van der Waals surface area contributed by atoms with E-state index < -0.39 is 0 Å². The fourth-order valence-electron chi connectivity index (χ4n) is 3.27. The summed E-state index contributed by atoms with van der Waals surface area (Å²) in [5, 5.41) is 3.98. The molecule has 6 heteroatoms. The number of aromatic nitrogens is 1. The van der Waals surface area contributed by atoms with Crippen molar-refractivity contribution in [3.8, 4) is 5.75 Å². The minimum Gasteiger partial charge on any atom is -0.497 e. The monoisotopic (exact) mass is 356 g/mol. The molecule has 2 aromatic rings. The maximum atomic E-state index is 12.5. The molecule has 3 rings (SSSR count). The summed E-state index contributed by atoms with van der Waals surface area (Å²) in [6, 6.07) is 7.62. The summed E-state index contributed by atoms with van der Waals surface area (Å²) in [4.78, 5) is 21.9. The van der Waals surface area contributed by atoms with E-state index >= 15 is 0 Å². The van der Waals surface area contributed by atoms with Gasteiger partial charge in [-0.05, 0) is 45.1 Å². The van der Waals surface area contributed by atoms with Crippen molar-refractivity contribution in [3.63, 3.8) is 0 Å². The first kappa shape index (κ1) is 18.6. The number of aryl methyl sites for hydroxylation is 1. The van der Waals surface area contributed by atoms with Crippen LogP contribution in [-0.4, -0.2) is 74.1 Å². The highest BCUT2D eigenvalue weighted by Gasteiger charge is 2.14. The fraction of sp³-hybridized carbons (Fsp3) is 0.500. The van der Waals surface area contributed by atoms with E-state index in [2.05, 4.69) is 27.1 Å². The molecule has 1 aliphatic heterocycles. The SMILES string of the molecule is COc1ccc2cc(C(=O)NCCCN3CCN(C)CC3)c(C)nc2c1. The fourth-order valence-corrected chi connectivity index (χ4v) is 3.27. The number of fused-ring (bicyclic) bond motifs is 1. The van der Waals surface area contributed by atoms with Crippen molar-refractivity contribution in [2.75, 3.05) is 53.4 Å². The van der Waals surface area contributed by atoms with Crippen LogP contribution in [0.4, 0.5) is 0 Å². The van der Waals surface area contributed by atoms with Crippen molar-refractivity contribution in [1.29, 1.82) is 0 Å². The van der Waals surface area contributed by atoms with Crippen LogP contribution < -0.4 is 10.1 Å². The first-order valence-corrected chi connectivity index (χ1v) is 9.21. The third-order valence-corrected chi connectivity index (χ3v) is 4.99. The highest BCUT2D eigenvalue weighted by Crippen LogP contribution is 2.21. The second kappa shape index (κ2) is 8.47. The van der Waals surface area contributed by atoms with Crippen LogP contribution in [0.2, 0.25) is 0 Å². The number of nitrogens with zero attached hydrogens (tertiary/aromatic N) is 3. The number of likely N-dealkylation sites (N-methyl/N-ethyl adjacent to an activating group) is 1. The van der Waals surface area contributed by atoms with Crippen LogP contribution in [0.1, 0.15) is 22.5 Å². The Morgan fingerprint density at radius 2 is 2.00 bits per heavy atom. The molecule has 0 radical (unpaired) electrons. The summed E-state index contributed by atoms with van der Waals surface area (Å²) in [5.41, 5.74) is 2.22. The summed E-state index contributed by atoms with van der Waals surface area (Å²) < 4.78 is 5.24. The molecule has 0 unspecified atom stereocenters. The van der Waals surface area contributed by atoms with Gasteiger partial charge in [-0.1, -0.05) is 0 Å². The Morgan fingerprint density at radius 1 is 1.23 bits per heavy atom. The van der Waals surface area contributed by atoms with Gasteiger partial charge < -0.3 is 19.9 Å². The Kier molecular flexibility index (Phi) is 6.06. The van der Waals surface area contributed by atoms with Gasteiger partial charge in [0.15, 0.2) is 0 Å². The molecule has 1 fully saturated rings. The van der Waals surface area contributed by atoms with E-state index in [4.69, 9.17) is 4.74 Å². The minimum atomic E-state index is -0.0499. The number of carbonyl (C=O) groups excluding carboxylic acids is 1. The molecule has 1 saturated heterocycles. The van der Waals surface area contributed by atoms with Crippen LogP contribution in [0.25, 0.3) is 10.9 Å². The molecule has 2 heterocycles. The van der Waals surface area contributed by atoms with Gasteiger partial charge in [-0.2, -0.15) is 0 Å². The Bertz CT molecular complexity index is 770. The van der Waals surface area contributed by atoms with Crippen molar-refractivity contribution >= 4 is 16.8 Å². The molecule has 0 bridgehead atoms. The molecule has 26 heavy (non-hydrogen) atoms. The lowest BCUT2D eigenvalue weighted by atomic mass is 10.1. The number of pyridine rings is 1. The lowest BCUT2D eigenvalue weighted by molar-refractivity contribution is 0.0948. The molecule has 1 amide bonds. The highest BCUT2D eigenvalue weighted by atomic mass is 16.5. The Labute approximate surface area is 155 Å². The largest absolute Gasteiger partial charge is 0.497 e. The molecule has 1 aliphatic rings. The van der Waals surface area contributed by atoms with Crippen LogP contribution in [0.15, 0.2) is 24.3 Å². The average molecular weight is 356 g/mol. The number of amides is 1. The summed E-state index contributed by atoms with van der Waals surface area (Å²) in [6.07, 6.45) is 0.965. The number of benzene rings is 1. The number of ether oxygens (including phenoxy) is 1. The van der Waals surface area contributed by atoms with E-state index in [0.29, 0.717) is 12.1 Å². The molecule has 140 valence electrons. The molecule has 1 aromatic heterocycles. The topological polar surface area (TPSA) is 57.7 Å². The smallest absolute Gasteiger partial charge is 0.253 e. The van der Waals surface area contributed by atoms with Crippen molar-refractivity contribution in [1.82, 2.24) is 20.1 Å². The first-order valence-electron chi connectivity index (χ1n) is 9.21. The maximum Gasteiger partial charge on any atom is 0.253 e. The maximum absolute atomic E-state index is 12.5. The number of methoxy groups -OCH3 is 1. The van der Waals surface area contributed by atoms with Gasteiger partial charge >= 0.3 is 0 Å². The average Bonchev–Trinajstić information content (AvgIpc) is 2.65. The van der Waals surface area contributed by atoms with Gasteiger partial charge in [-0.3, -0.25) is 9.78 Å². The summed E-state index contributed by atoms with van der Waals surface area (Å²) in [7, 11) is 3.80. The zero-order valence-corrected chi connectivity index (χ0v) is 15.9. The zero-order valence-electron chi connectivity index (χ0n) is 15.9. The predicted molar refractivity (Wildman–Crippen MR) is 104 cm³/mol. The summed E-state index contributed by atoms with van der Waals surface area (Å²) in [6.45, 7) is 8.06. The van der Waals surface area contributed by atoms with Crippen LogP contribution in [-0.2, 0) is 0 Å². The van der Waals surface area contributed by atoms with E-state index in [1.165, 1.54) is 0 Å². The molecule has 0 atom stereocenters. The number of hydrogen-bond acceptors (Lipinski definition) is 5. The van der Waals surface area contributed by atoms with Gasteiger partial charge in [-0.25, -0.2) is 0 Å². The third kappa shape index (κ3) is 4.51. The van der Waals surface area contributed by atoms with Crippen LogP contribution in [0, 0.1) is 6.92 Å². The van der Waals surface area contributed by atoms with E-state index in [9.17, 15) is 4.79 Å². The molecule has 1 N–H and O–H groups in total. The quantitative estimate of drug-likeness (QED) is 0.802. The predicted octanol–water partition coefficient (Wildman–Crippen LogP) is 1.92. The standard InChI is InChI=1S/C20H28N4O2/c1-15-18(13-16-5-6-17(26-3)14-19(16)22-15)20(25)21-7-4-8-24-11-9-23(2)10-12-24/h5-6,13-14H,4,7-12H2,1-3H3,(H,21,25). The Balaban J connectivity index is 1.55. The molecular weight excluding hydrogens is 328 g/mol. The van der Waals surface area contributed by atoms with E-state index in [1.54, 1.807) is 7.11 Å². The number of piperazine rings is 1. The van der Waals surface area contributed by atoms with E-state index in [-0.39, 0.29) is 5.91 Å². The second-order valence-electron chi connectivity index (χ2n) is 6.93. The van der Waals surface area contributed by atoms with E-state index in [0.717, 1.165) is 61.5 Å². The summed E-state index contributed by atoms with van der Waals surface area (Å²) >= 11 is 0. The number of hydrogen-bond donors (Lipinski definition) is 1. The number of nitrogens with one attached hydrogen (secondary N) is 1. The molecule has 6 nitrogen and oxygen atoms in total. The molecule has 0 saturated carbocycles. The normalized spacial score (nSPS) is 16.0. The van der Waals surface area contributed by atoms with Crippen molar-refractivity contribution in [3.05, 3.63) is 35.5 Å². The van der Waals surface area contributed by atoms with E-state index in [1.807, 2.05) is 31.2 Å². The lowest BCUT2D eigenvalue weighted by Gasteiger charge is -2.32. The zero-order chi connectivity index (χ0) is 18.5. The van der Waals surface area contributed by atoms with Gasteiger partial charge in [0.05, 0.1) is 23.9 Å². The van der Waals surface area contributed by atoms with Gasteiger partial charge in [0.25, 0.3) is 5.91 Å². The lowest BCUT2D eigenvalue weighted by Crippen LogP contribution is -2.45. The van der Waals surface area contributed by atoms with Gasteiger partial charge in [0, 0.05) is 44.2 Å². The Hall–Kier alpha value is -2.18. The molecular formula is C20H28N4O2. The number of rotatable bonds is 6. The van der Waals surface area contributed by atoms with Crippen molar-refractivity contribution in [2.24, 2.45) is 0 Å². The molecule has 0 spiro atoms. The number of carbonyl (C=O) groups is 1. The third-order valence-electron chi connectivity index (χ3n) is 4.99. The van der Waals surface area contributed by atoms with Crippen LogP contribution in [0.3, 0.4) is 0 Å². The van der Waals surface area contributed by atoms with Gasteiger partial charge in [0.2, 0.25) is 0 Å². The van der Waals surface area contributed by atoms with Crippen LogP contribution in [0.5, 0.6) is 5.75 Å². The summed E-state index contributed by atoms with van der Waals surface area (Å²) in [5.74, 6) is 0.719. The highest BCUT2D eigenvalue weighted by molar-refractivity contribution is 5.98. The first-order chi connectivity index (χ1) is 12.6. The second-order valence-corrected chi connectivity index (χ2v) is 6.93. The van der Waals surface area contributed by atoms with Crippen LogP contribution >= 0.6 is 0 Å². The van der Waals surface area contributed by atoms with Crippen molar-refractivity contribution in [2.45, 2.75) is 13.3 Å². The molecule has 0 aliphatic carbocycles. The minimum absolute atomic E-state index is 0.0499. The van der Waals surface area contributed by atoms with Gasteiger partial charge in [0.1, 0.15) is 5.75 Å².